The Morgan fingerprint density at radius 3 is 2.42 bits per heavy atom. The molecule has 1 aliphatic rings. The second-order valence-corrected chi connectivity index (χ2v) is 6.63. The van der Waals surface area contributed by atoms with Crippen molar-refractivity contribution in [3.8, 4) is 11.5 Å². The quantitative estimate of drug-likeness (QED) is 0.584. The molecular weight excluding hydrogens is 351 g/mol. The topological polar surface area (TPSA) is 40.5 Å². The Kier molecular flexibility index (Phi) is 4.23. The monoisotopic (exact) mass is 370 g/mol. The molecule has 19 heavy (non-hydrogen) atoms. The van der Waals surface area contributed by atoms with Crippen LogP contribution in [0, 0.1) is 9.49 Å². The molecule has 0 spiro atoms. The fourth-order valence-corrected chi connectivity index (χ4v) is 3.43. The number of benzene rings is 1. The van der Waals surface area contributed by atoms with Gasteiger partial charge in [-0.3, -0.25) is 0 Å². The molecule has 0 saturated heterocycles. The molecular formula is C16H19IO2. The summed E-state index contributed by atoms with van der Waals surface area (Å²) < 4.78 is 0.833. The minimum absolute atomic E-state index is 0.0169. The van der Waals surface area contributed by atoms with Gasteiger partial charge in [-0.25, -0.2) is 0 Å². The standard InChI is InChI=1S/C16H19IO2/c1-9(2)12-5-4-10(3)6-13(12)16-14(18)7-11(17)8-15(16)19/h6-8,12-13,18-19H,1,4-5H2,2-3H3. The SMILES string of the molecule is C=C(C)C1CCC(C)=CC1c1c(O)cc(I)cc1O. The average Bonchev–Trinajstić information content (AvgIpc) is 2.27. The molecule has 2 atom stereocenters. The van der Waals surface area contributed by atoms with Crippen molar-refractivity contribution in [3.05, 3.63) is 45.1 Å². The largest absolute Gasteiger partial charge is 0.507 e. The van der Waals surface area contributed by atoms with Gasteiger partial charge in [0.05, 0.1) is 0 Å². The highest BCUT2D eigenvalue weighted by Gasteiger charge is 2.29. The Hall–Kier alpha value is -0.970. The van der Waals surface area contributed by atoms with Gasteiger partial charge in [0.25, 0.3) is 0 Å². The number of hydrogen-bond acceptors (Lipinski definition) is 2. The van der Waals surface area contributed by atoms with Crippen molar-refractivity contribution in [2.75, 3.05) is 0 Å². The van der Waals surface area contributed by atoms with Crippen molar-refractivity contribution in [2.24, 2.45) is 5.92 Å². The van der Waals surface area contributed by atoms with Gasteiger partial charge in [0.1, 0.15) is 11.5 Å². The zero-order valence-corrected chi connectivity index (χ0v) is 13.4. The fraction of sp³-hybridized carbons (Fsp3) is 0.375. The second-order valence-electron chi connectivity index (χ2n) is 5.39. The smallest absolute Gasteiger partial charge is 0.124 e. The summed E-state index contributed by atoms with van der Waals surface area (Å²) in [7, 11) is 0. The van der Waals surface area contributed by atoms with Gasteiger partial charge >= 0.3 is 0 Å². The zero-order valence-electron chi connectivity index (χ0n) is 11.3. The molecule has 0 aliphatic heterocycles. The lowest BCUT2D eigenvalue weighted by Gasteiger charge is -2.31. The van der Waals surface area contributed by atoms with Crippen LogP contribution in [0.5, 0.6) is 11.5 Å². The lowest BCUT2D eigenvalue weighted by molar-refractivity contribution is 0.406. The number of hydrogen-bond donors (Lipinski definition) is 2. The van der Waals surface area contributed by atoms with Crippen LogP contribution in [-0.2, 0) is 0 Å². The van der Waals surface area contributed by atoms with Gasteiger partial charge < -0.3 is 10.2 Å². The number of phenolic OH excluding ortho intramolecular Hbond substituents is 2. The first-order chi connectivity index (χ1) is 8.90. The van der Waals surface area contributed by atoms with Crippen LogP contribution in [-0.4, -0.2) is 10.2 Å². The number of halogens is 1. The Balaban J connectivity index is 2.54. The van der Waals surface area contributed by atoms with Gasteiger partial charge in [0.2, 0.25) is 0 Å². The second kappa shape index (κ2) is 5.57. The summed E-state index contributed by atoms with van der Waals surface area (Å²) in [5.74, 6) is 0.641. The third kappa shape index (κ3) is 2.96. The highest BCUT2D eigenvalue weighted by molar-refractivity contribution is 14.1. The van der Waals surface area contributed by atoms with Crippen molar-refractivity contribution in [1.82, 2.24) is 0 Å². The molecule has 0 fully saturated rings. The molecule has 1 aromatic carbocycles. The Morgan fingerprint density at radius 1 is 1.32 bits per heavy atom. The van der Waals surface area contributed by atoms with E-state index in [0.717, 1.165) is 22.0 Å². The lowest BCUT2D eigenvalue weighted by Crippen LogP contribution is -2.17. The van der Waals surface area contributed by atoms with Crippen molar-refractivity contribution >= 4 is 22.6 Å². The molecule has 3 heteroatoms. The summed E-state index contributed by atoms with van der Waals surface area (Å²) in [5, 5.41) is 20.4. The van der Waals surface area contributed by atoms with Gasteiger partial charge in [0, 0.05) is 15.1 Å². The van der Waals surface area contributed by atoms with Gasteiger partial charge in [-0.2, -0.15) is 0 Å². The Morgan fingerprint density at radius 2 is 1.89 bits per heavy atom. The van der Waals surface area contributed by atoms with E-state index in [1.54, 1.807) is 12.1 Å². The first-order valence-corrected chi connectivity index (χ1v) is 7.52. The van der Waals surface area contributed by atoms with Crippen LogP contribution in [0.15, 0.2) is 35.9 Å². The lowest BCUT2D eigenvalue weighted by atomic mass is 9.74. The van der Waals surface area contributed by atoms with E-state index in [1.165, 1.54) is 5.57 Å². The maximum atomic E-state index is 10.2. The van der Waals surface area contributed by atoms with Crippen molar-refractivity contribution in [2.45, 2.75) is 32.6 Å². The molecule has 102 valence electrons. The minimum Gasteiger partial charge on any atom is -0.507 e. The van der Waals surface area contributed by atoms with Crippen LogP contribution in [0.2, 0.25) is 0 Å². The van der Waals surface area contributed by atoms with Crippen LogP contribution in [0.4, 0.5) is 0 Å². The molecule has 0 bridgehead atoms. The van der Waals surface area contributed by atoms with Gasteiger partial charge in [-0.15, -0.1) is 0 Å². The summed E-state index contributed by atoms with van der Waals surface area (Å²) in [6.07, 6.45) is 4.23. The van der Waals surface area contributed by atoms with E-state index >= 15 is 0 Å². The molecule has 2 nitrogen and oxygen atoms in total. The van der Waals surface area contributed by atoms with Crippen LogP contribution in [0.1, 0.15) is 38.2 Å². The number of allylic oxidation sites excluding steroid dienone is 3. The first-order valence-electron chi connectivity index (χ1n) is 6.44. The molecule has 0 heterocycles. The molecule has 0 amide bonds. The van der Waals surface area contributed by atoms with Gasteiger partial charge in [-0.1, -0.05) is 23.8 Å². The van der Waals surface area contributed by atoms with Crippen LogP contribution in [0.25, 0.3) is 0 Å². The third-order valence-electron chi connectivity index (χ3n) is 3.81. The maximum Gasteiger partial charge on any atom is 0.124 e. The van der Waals surface area contributed by atoms with E-state index in [4.69, 9.17) is 0 Å². The Labute approximate surface area is 128 Å². The molecule has 2 rings (SSSR count). The summed E-state index contributed by atoms with van der Waals surface area (Å²) >= 11 is 2.09. The predicted octanol–water partition coefficient (Wildman–Crippen LogP) is 4.72. The number of aromatic hydroxyl groups is 2. The maximum absolute atomic E-state index is 10.2. The zero-order chi connectivity index (χ0) is 14.2. The van der Waals surface area contributed by atoms with E-state index in [-0.39, 0.29) is 23.3 Å². The summed E-state index contributed by atoms with van der Waals surface area (Å²) in [6, 6.07) is 3.39. The predicted molar refractivity (Wildman–Crippen MR) is 86.5 cm³/mol. The van der Waals surface area contributed by atoms with E-state index in [1.807, 2.05) is 6.92 Å². The normalized spacial score (nSPS) is 23.0. The van der Waals surface area contributed by atoms with Gasteiger partial charge in [-0.05, 0) is 67.3 Å². The van der Waals surface area contributed by atoms with E-state index < -0.39 is 0 Å². The molecule has 0 radical (unpaired) electrons. The highest BCUT2D eigenvalue weighted by Crippen LogP contribution is 2.46. The summed E-state index contributed by atoms with van der Waals surface area (Å²) in [5.41, 5.74) is 3.04. The molecule has 0 aromatic heterocycles. The van der Waals surface area contributed by atoms with Crippen LogP contribution in [0.3, 0.4) is 0 Å². The van der Waals surface area contributed by atoms with Gasteiger partial charge in [0.15, 0.2) is 0 Å². The van der Waals surface area contributed by atoms with Crippen LogP contribution < -0.4 is 0 Å². The van der Waals surface area contributed by atoms with Crippen molar-refractivity contribution in [3.63, 3.8) is 0 Å². The minimum atomic E-state index is 0.0169. The van der Waals surface area contributed by atoms with Crippen molar-refractivity contribution < 1.29 is 10.2 Å². The Bertz CT molecular complexity index is 523. The average molecular weight is 370 g/mol. The molecule has 2 unspecified atom stereocenters. The van der Waals surface area contributed by atoms with Crippen LogP contribution >= 0.6 is 22.6 Å². The third-order valence-corrected chi connectivity index (χ3v) is 4.44. The molecule has 2 N–H and O–H groups in total. The summed E-state index contributed by atoms with van der Waals surface area (Å²) in [6.45, 7) is 8.18. The van der Waals surface area contributed by atoms with E-state index in [9.17, 15) is 10.2 Å². The van der Waals surface area contributed by atoms with Crippen molar-refractivity contribution in [1.29, 1.82) is 0 Å². The number of phenols is 2. The molecule has 0 saturated carbocycles. The molecule has 1 aromatic rings. The molecule has 1 aliphatic carbocycles. The number of rotatable bonds is 2. The highest BCUT2D eigenvalue weighted by atomic mass is 127. The van der Waals surface area contributed by atoms with E-state index in [2.05, 4.69) is 42.2 Å². The fourth-order valence-electron chi connectivity index (χ4n) is 2.84. The van der Waals surface area contributed by atoms with E-state index in [0.29, 0.717) is 5.56 Å². The first kappa shape index (κ1) is 14.4. The summed E-state index contributed by atoms with van der Waals surface area (Å²) in [4.78, 5) is 0.